The third-order valence-corrected chi connectivity index (χ3v) is 4.57. The number of hydrogen-bond acceptors (Lipinski definition) is 8. The number of nitro groups is 1. The Morgan fingerprint density at radius 3 is 2.67 bits per heavy atom. The van der Waals surface area contributed by atoms with Gasteiger partial charge in [-0.15, -0.1) is 10.2 Å². The fourth-order valence-electron chi connectivity index (χ4n) is 1.40. The second kappa shape index (κ2) is 6.06. The molecule has 0 aliphatic heterocycles. The molecule has 0 bridgehead atoms. The molecule has 0 saturated heterocycles. The molecule has 0 unspecified atom stereocenters. The zero-order chi connectivity index (χ0) is 15.6. The molecule has 110 valence electrons. The molecular formula is C11H10N4O4S2. The van der Waals surface area contributed by atoms with Gasteiger partial charge in [-0.3, -0.25) is 10.1 Å². The molecule has 1 aromatic carbocycles. The summed E-state index contributed by atoms with van der Waals surface area (Å²) in [4.78, 5) is 23.4. The maximum Gasteiger partial charge on any atom is 0.335 e. The smallest absolute Gasteiger partial charge is 0.335 e. The number of aromatic carboxylic acids is 1. The normalized spacial score (nSPS) is 10.4. The van der Waals surface area contributed by atoms with Gasteiger partial charge in [0.15, 0.2) is 4.34 Å². The first-order chi connectivity index (χ1) is 9.88. The second-order valence-corrected chi connectivity index (χ2v) is 6.34. The van der Waals surface area contributed by atoms with Gasteiger partial charge < -0.3 is 10.0 Å². The molecule has 10 heteroatoms. The average Bonchev–Trinajstić information content (AvgIpc) is 2.87. The summed E-state index contributed by atoms with van der Waals surface area (Å²) in [5, 5.41) is 28.5. The van der Waals surface area contributed by atoms with Crippen molar-refractivity contribution < 1.29 is 14.8 Å². The zero-order valence-electron chi connectivity index (χ0n) is 11.0. The highest BCUT2D eigenvalue weighted by Gasteiger charge is 2.19. The highest BCUT2D eigenvalue weighted by Crippen LogP contribution is 2.38. The highest BCUT2D eigenvalue weighted by molar-refractivity contribution is 8.01. The Labute approximate surface area is 127 Å². The van der Waals surface area contributed by atoms with E-state index in [1.54, 1.807) is 4.90 Å². The highest BCUT2D eigenvalue weighted by atomic mass is 32.2. The van der Waals surface area contributed by atoms with Gasteiger partial charge in [0.25, 0.3) is 5.69 Å². The predicted molar refractivity (Wildman–Crippen MR) is 78.4 cm³/mol. The van der Waals surface area contributed by atoms with E-state index in [9.17, 15) is 14.9 Å². The quantitative estimate of drug-likeness (QED) is 0.658. The van der Waals surface area contributed by atoms with Crippen molar-refractivity contribution in [3.8, 4) is 0 Å². The largest absolute Gasteiger partial charge is 0.478 e. The van der Waals surface area contributed by atoms with Crippen LogP contribution >= 0.6 is 23.1 Å². The molecule has 2 rings (SSSR count). The van der Waals surface area contributed by atoms with Crippen molar-refractivity contribution in [3.63, 3.8) is 0 Å². The summed E-state index contributed by atoms with van der Waals surface area (Å²) in [5.41, 5.74) is -0.174. The van der Waals surface area contributed by atoms with Gasteiger partial charge in [0, 0.05) is 20.2 Å². The number of hydrogen-bond donors (Lipinski definition) is 1. The van der Waals surface area contributed by atoms with E-state index in [2.05, 4.69) is 10.2 Å². The van der Waals surface area contributed by atoms with Crippen LogP contribution in [-0.2, 0) is 0 Å². The zero-order valence-corrected chi connectivity index (χ0v) is 12.6. The maximum absolute atomic E-state index is 11.0. The molecule has 1 aromatic heterocycles. The number of carboxylic acids is 1. The molecule has 1 N–H and O–H groups in total. The topological polar surface area (TPSA) is 109 Å². The molecule has 0 saturated carbocycles. The summed E-state index contributed by atoms with van der Waals surface area (Å²) in [6.07, 6.45) is 0. The molecule has 0 amide bonds. The molecule has 0 atom stereocenters. The minimum Gasteiger partial charge on any atom is -0.478 e. The number of rotatable bonds is 5. The number of benzene rings is 1. The summed E-state index contributed by atoms with van der Waals surface area (Å²) in [6.45, 7) is 0. The summed E-state index contributed by atoms with van der Waals surface area (Å²) in [5.74, 6) is -1.14. The van der Waals surface area contributed by atoms with Gasteiger partial charge >= 0.3 is 5.97 Å². The van der Waals surface area contributed by atoms with Crippen LogP contribution in [0.5, 0.6) is 0 Å². The standard InChI is InChI=1S/C11H10N4O4S2/c1-14(2)10-12-13-11(21-10)20-8-5-6(9(16)17)3-4-7(8)15(18)19/h3-5H,1-2H3,(H,16,17). The lowest BCUT2D eigenvalue weighted by Crippen LogP contribution is -2.07. The van der Waals surface area contributed by atoms with E-state index in [-0.39, 0.29) is 16.1 Å². The molecule has 1 heterocycles. The van der Waals surface area contributed by atoms with Gasteiger partial charge in [0.05, 0.1) is 15.4 Å². The van der Waals surface area contributed by atoms with Crippen molar-refractivity contribution in [2.75, 3.05) is 19.0 Å². The van der Waals surface area contributed by atoms with Gasteiger partial charge in [-0.2, -0.15) is 0 Å². The maximum atomic E-state index is 11.0. The minimum atomic E-state index is -1.14. The first-order valence-electron chi connectivity index (χ1n) is 5.59. The lowest BCUT2D eigenvalue weighted by molar-refractivity contribution is -0.387. The van der Waals surface area contributed by atoms with Crippen molar-refractivity contribution in [1.29, 1.82) is 0 Å². The lowest BCUT2D eigenvalue weighted by Gasteiger charge is -2.04. The Bertz CT molecular complexity index is 701. The first-order valence-corrected chi connectivity index (χ1v) is 7.22. The van der Waals surface area contributed by atoms with E-state index in [1.165, 1.54) is 29.5 Å². The predicted octanol–water partition coefficient (Wildman–Crippen LogP) is 2.36. The van der Waals surface area contributed by atoms with Crippen molar-refractivity contribution in [3.05, 3.63) is 33.9 Å². The molecule has 0 radical (unpaired) electrons. The van der Waals surface area contributed by atoms with Crippen LogP contribution in [0, 0.1) is 10.1 Å². The second-order valence-electron chi connectivity index (χ2n) is 4.09. The van der Waals surface area contributed by atoms with Crippen LogP contribution in [0.2, 0.25) is 0 Å². The van der Waals surface area contributed by atoms with Crippen LogP contribution < -0.4 is 4.90 Å². The third-order valence-electron chi connectivity index (χ3n) is 2.38. The number of aromatic nitrogens is 2. The van der Waals surface area contributed by atoms with E-state index < -0.39 is 10.9 Å². The number of anilines is 1. The van der Waals surface area contributed by atoms with Crippen molar-refractivity contribution in [2.45, 2.75) is 9.24 Å². The molecule has 0 fully saturated rings. The monoisotopic (exact) mass is 326 g/mol. The fraction of sp³-hybridized carbons (Fsp3) is 0.182. The van der Waals surface area contributed by atoms with E-state index >= 15 is 0 Å². The van der Waals surface area contributed by atoms with Crippen molar-refractivity contribution >= 4 is 39.9 Å². The summed E-state index contributed by atoms with van der Waals surface area (Å²) >= 11 is 2.29. The molecule has 0 spiro atoms. The molecule has 0 aliphatic carbocycles. The Morgan fingerprint density at radius 2 is 2.14 bits per heavy atom. The Hall–Kier alpha value is -2.20. The van der Waals surface area contributed by atoms with Crippen LogP contribution in [0.3, 0.4) is 0 Å². The summed E-state index contributed by atoms with van der Waals surface area (Å²) in [7, 11) is 3.62. The van der Waals surface area contributed by atoms with Crippen molar-refractivity contribution in [2.24, 2.45) is 0 Å². The van der Waals surface area contributed by atoms with E-state index in [4.69, 9.17) is 5.11 Å². The molecular weight excluding hydrogens is 316 g/mol. The molecule has 21 heavy (non-hydrogen) atoms. The van der Waals surface area contributed by atoms with Gasteiger partial charge in [0.2, 0.25) is 5.13 Å². The number of nitrogens with zero attached hydrogens (tertiary/aromatic N) is 4. The number of carboxylic acid groups (broad SMARTS) is 1. The summed E-state index contributed by atoms with van der Waals surface area (Å²) in [6, 6.07) is 3.65. The summed E-state index contributed by atoms with van der Waals surface area (Å²) < 4.78 is 0.504. The van der Waals surface area contributed by atoms with Crippen LogP contribution in [0.25, 0.3) is 0 Å². The van der Waals surface area contributed by atoms with E-state index in [0.29, 0.717) is 9.47 Å². The van der Waals surface area contributed by atoms with Gasteiger partial charge in [-0.05, 0) is 23.9 Å². The fourth-order valence-corrected chi connectivity index (χ4v) is 3.26. The number of carbonyl (C=O) groups is 1. The Balaban J connectivity index is 2.38. The van der Waals surface area contributed by atoms with Crippen LogP contribution in [0.15, 0.2) is 27.4 Å². The third kappa shape index (κ3) is 3.47. The Morgan fingerprint density at radius 1 is 1.43 bits per heavy atom. The van der Waals surface area contributed by atoms with E-state index in [0.717, 1.165) is 11.8 Å². The van der Waals surface area contributed by atoms with Crippen molar-refractivity contribution in [1.82, 2.24) is 10.2 Å². The van der Waals surface area contributed by atoms with Crippen LogP contribution in [0.4, 0.5) is 10.8 Å². The van der Waals surface area contributed by atoms with E-state index in [1.807, 2.05) is 14.1 Å². The van der Waals surface area contributed by atoms with Gasteiger partial charge in [-0.1, -0.05) is 11.3 Å². The van der Waals surface area contributed by atoms with Crippen LogP contribution in [0.1, 0.15) is 10.4 Å². The minimum absolute atomic E-state index is 0.0135. The first kappa shape index (κ1) is 15.2. The molecule has 2 aromatic rings. The van der Waals surface area contributed by atoms with Gasteiger partial charge in [0.1, 0.15) is 0 Å². The SMILES string of the molecule is CN(C)c1nnc(Sc2cc(C(=O)O)ccc2[N+](=O)[O-])s1. The van der Waals surface area contributed by atoms with Gasteiger partial charge in [-0.25, -0.2) is 4.79 Å². The van der Waals surface area contributed by atoms with Crippen LogP contribution in [-0.4, -0.2) is 40.3 Å². The number of nitro benzene ring substituents is 1. The average molecular weight is 326 g/mol. The molecule has 0 aliphatic rings. The Kier molecular flexibility index (Phi) is 4.38. The molecule has 8 nitrogen and oxygen atoms in total. The lowest BCUT2D eigenvalue weighted by atomic mass is 10.2.